The Morgan fingerprint density at radius 3 is 2.73 bits per heavy atom. The zero-order valence-electron chi connectivity index (χ0n) is 7.54. The molecule has 1 aromatic heterocycles. The van der Waals surface area contributed by atoms with E-state index in [1.807, 2.05) is 0 Å². The highest BCUT2D eigenvalue weighted by Gasteiger charge is 2.54. The standard InChI is InChI=1S/C9H7ClFNO3/c10-6-2-1-5(7(11)12-6)15-9(3-4-9)8(13)14/h1-2H,3-4H2,(H,13,14). The summed E-state index contributed by atoms with van der Waals surface area (Å²) in [6.07, 6.45) is 0.759. The monoisotopic (exact) mass is 231 g/mol. The summed E-state index contributed by atoms with van der Waals surface area (Å²) in [6.45, 7) is 0. The highest BCUT2D eigenvalue weighted by Crippen LogP contribution is 2.41. The Morgan fingerprint density at radius 1 is 1.60 bits per heavy atom. The average Bonchev–Trinajstić information content (AvgIpc) is 2.91. The molecule has 15 heavy (non-hydrogen) atoms. The van der Waals surface area contributed by atoms with Crippen LogP contribution in [0.4, 0.5) is 4.39 Å². The minimum absolute atomic E-state index is 0.0000203. The number of nitrogens with zero attached hydrogens (tertiary/aromatic N) is 1. The lowest BCUT2D eigenvalue weighted by atomic mass is 10.3. The number of aromatic nitrogens is 1. The van der Waals surface area contributed by atoms with Crippen molar-refractivity contribution in [1.29, 1.82) is 0 Å². The summed E-state index contributed by atoms with van der Waals surface area (Å²) in [6, 6.07) is 2.62. The first-order valence-electron chi connectivity index (χ1n) is 4.28. The van der Waals surface area contributed by atoms with Crippen molar-refractivity contribution in [2.75, 3.05) is 0 Å². The molecule has 6 heteroatoms. The summed E-state index contributed by atoms with van der Waals surface area (Å²) in [5, 5.41) is 8.82. The Bertz CT molecular complexity index is 420. The molecule has 0 aromatic carbocycles. The summed E-state index contributed by atoms with van der Waals surface area (Å²) in [4.78, 5) is 14.1. The van der Waals surface area contributed by atoms with Gasteiger partial charge in [0.15, 0.2) is 5.75 Å². The van der Waals surface area contributed by atoms with Crippen LogP contribution in [-0.4, -0.2) is 21.7 Å². The Hall–Kier alpha value is -1.36. The molecule has 0 radical (unpaired) electrons. The Morgan fingerprint density at radius 2 is 2.27 bits per heavy atom. The Labute approximate surface area is 89.6 Å². The van der Waals surface area contributed by atoms with Crippen LogP contribution in [0.2, 0.25) is 5.15 Å². The molecule has 0 aliphatic heterocycles. The van der Waals surface area contributed by atoms with Crippen LogP contribution in [0.25, 0.3) is 0 Å². The van der Waals surface area contributed by atoms with Crippen LogP contribution in [0, 0.1) is 5.95 Å². The molecule has 1 aliphatic carbocycles. The van der Waals surface area contributed by atoms with Crippen LogP contribution in [-0.2, 0) is 4.79 Å². The molecule has 1 fully saturated rings. The predicted molar refractivity (Wildman–Crippen MR) is 49.4 cm³/mol. The van der Waals surface area contributed by atoms with Crippen molar-refractivity contribution in [3.05, 3.63) is 23.2 Å². The maximum Gasteiger partial charge on any atom is 0.348 e. The van der Waals surface area contributed by atoms with E-state index in [2.05, 4.69) is 4.98 Å². The number of hydrogen-bond acceptors (Lipinski definition) is 3. The summed E-state index contributed by atoms with van der Waals surface area (Å²) in [5.41, 5.74) is -1.27. The molecule has 0 unspecified atom stereocenters. The molecule has 0 amide bonds. The number of pyridine rings is 1. The SMILES string of the molecule is O=C(O)C1(Oc2ccc(Cl)nc2F)CC1. The van der Waals surface area contributed by atoms with Gasteiger partial charge in [-0.05, 0) is 12.1 Å². The third-order valence-electron chi connectivity index (χ3n) is 2.18. The van der Waals surface area contributed by atoms with Gasteiger partial charge in [0.05, 0.1) is 0 Å². The number of carboxylic acid groups (broad SMARTS) is 1. The van der Waals surface area contributed by atoms with Crippen molar-refractivity contribution >= 4 is 17.6 Å². The summed E-state index contributed by atoms with van der Waals surface area (Å²) in [7, 11) is 0. The quantitative estimate of drug-likeness (QED) is 0.807. The van der Waals surface area contributed by atoms with E-state index in [1.54, 1.807) is 0 Å². The fraction of sp³-hybridized carbons (Fsp3) is 0.333. The van der Waals surface area contributed by atoms with Crippen molar-refractivity contribution in [3.63, 3.8) is 0 Å². The lowest BCUT2D eigenvalue weighted by molar-refractivity contribution is -0.147. The number of rotatable bonds is 3. The van der Waals surface area contributed by atoms with Crippen LogP contribution in [0.1, 0.15) is 12.8 Å². The van der Waals surface area contributed by atoms with Gasteiger partial charge in [0.1, 0.15) is 5.15 Å². The molecule has 0 saturated heterocycles. The number of hydrogen-bond donors (Lipinski definition) is 1. The Balaban J connectivity index is 2.21. The first-order chi connectivity index (χ1) is 7.03. The van der Waals surface area contributed by atoms with Gasteiger partial charge in [0, 0.05) is 12.8 Å². The minimum Gasteiger partial charge on any atom is -0.478 e. The number of halogens is 2. The van der Waals surface area contributed by atoms with E-state index in [0.29, 0.717) is 12.8 Å². The molecule has 1 aromatic rings. The summed E-state index contributed by atoms with van der Waals surface area (Å²) >= 11 is 5.44. The summed E-state index contributed by atoms with van der Waals surface area (Å²) < 4.78 is 18.2. The molecular formula is C9H7ClFNO3. The molecule has 80 valence electrons. The first kappa shape index (κ1) is 10.2. The predicted octanol–water partition coefficient (Wildman–Crippen LogP) is 1.87. The van der Waals surface area contributed by atoms with E-state index in [-0.39, 0.29) is 10.9 Å². The van der Waals surface area contributed by atoms with Gasteiger partial charge in [-0.1, -0.05) is 11.6 Å². The van der Waals surface area contributed by atoms with Gasteiger partial charge in [0.25, 0.3) is 5.95 Å². The van der Waals surface area contributed by atoms with Gasteiger partial charge in [0.2, 0.25) is 5.60 Å². The normalized spacial score (nSPS) is 17.2. The molecule has 2 rings (SSSR count). The fourth-order valence-corrected chi connectivity index (χ4v) is 1.30. The van der Waals surface area contributed by atoms with Crippen molar-refractivity contribution < 1.29 is 19.0 Å². The number of carboxylic acids is 1. The van der Waals surface area contributed by atoms with Crippen LogP contribution in [0.3, 0.4) is 0 Å². The van der Waals surface area contributed by atoms with Crippen molar-refractivity contribution in [2.45, 2.75) is 18.4 Å². The van der Waals surface area contributed by atoms with Gasteiger partial charge in [-0.15, -0.1) is 0 Å². The van der Waals surface area contributed by atoms with Crippen LogP contribution in [0.15, 0.2) is 12.1 Å². The number of carbonyl (C=O) groups is 1. The van der Waals surface area contributed by atoms with E-state index in [4.69, 9.17) is 21.4 Å². The second kappa shape index (κ2) is 3.34. The molecule has 0 spiro atoms. The van der Waals surface area contributed by atoms with E-state index in [0.717, 1.165) is 0 Å². The third kappa shape index (κ3) is 1.87. The molecule has 1 saturated carbocycles. The summed E-state index contributed by atoms with van der Waals surface area (Å²) in [5.74, 6) is -2.16. The van der Waals surface area contributed by atoms with Crippen LogP contribution >= 0.6 is 11.6 Å². The van der Waals surface area contributed by atoms with E-state index in [9.17, 15) is 9.18 Å². The van der Waals surface area contributed by atoms with Gasteiger partial charge in [-0.25, -0.2) is 9.78 Å². The first-order valence-corrected chi connectivity index (χ1v) is 4.66. The second-order valence-corrected chi connectivity index (χ2v) is 3.71. The largest absolute Gasteiger partial charge is 0.478 e. The van der Waals surface area contributed by atoms with Crippen molar-refractivity contribution in [3.8, 4) is 5.75 Å². The van der Waals surface area contributed by atoms with Gasteiger partial charge >= 0.3 is 5.97 Å². The van der Waals surface area contributed by atoms with Crippen LogP contribution < -0.4 is 4.74 Å². The lowest BCUT2D eigenvalue weighted by Crippen LogP contribution is -2.29. The molecule has 1 aliphatic rings. The molecule has 4 nitrogen and oxygen atoms in total. The molecule has 0 bridgehead atoms. The highest BCUT2D eigenvalue weighted by atomic mass is 35.5. The third-order valence-corrected chi connectivity index (χ3v) is 2.39. The topological polar surface area (TPSA) is 59.4 Å². The van der Waals surface area contributed by atoms with Crippen molar-refractivity contribution in [2.24, 2.45) is 0 Å². The van der Waals surface area contributed by atoms with Gasteiger partial charge in [-0.2, -0.15) is 4.39 Å². The zero-order chi connectivity index (χ0) is 11.1. The smallest absolute Gasteiger partial charge is 0.348 e. The number of ether oxygens (including phenoxy) is 1. The second-order valence-electron chi connectivity index (χ2n) is 3.32. The molecule has 1 heterocycles. The fourth-order valence-electron chi connectivity index (χ4n) is 1.16. The van der Waals surface area contributed by atoms with E-state index >= 15 is 0 Å². The van der Waals surface area contributed by atoms with Crippen LogP contribution in [0.5, 0.6) is 5.75 Å². The maximum absolute atomic E-state index is 13.2. The molecular weight excluding hydrogens is 225 g/mol. The number of aliphatic carboxylic acids is 1. The van der Waals surface area contributed by atoms with E-state index in [1.165, 1.54) is 12.1 Å². The lowest BCUT2D eigenvalue weighted by Gasteiger charge is -2.13. The average molecular weight is 232 g/mol. The zero-order valence-corrected chi connectivity index (χ0v) is 8.29. The molecule has 1 N–H and O–H groups in total. The van der Waals surface area contributed by atoms with Gasteiger partial charge < -0.3 is 9.84 Å². The van der Waals surface area contributed by atoms with Gasteiger partial charge in [-0.3, -0.25) is 0 Å². The minimum atomic E-state index is -1.27. The Kier molecular flexibility index (Phi) is 2.26. The maximum atomic E-state index is 13.2. The highest BCUT2D eigenvalue weighted by molar-refractivity contribution is 6.29. The van der Waals surface area contributed by atoms with E-state index < -0.39 is 17.5 Å². The molecule has 0 atom stereocenters. The van der Waals surface area contributed by atoms with Crippen molar-refractivity contribution in [1.82, 2.24) is 4.98 Å².